The molecule has 0 fully saturated rings. The van der Waals surface area contributed by atoms with Gasteiger partial charge in [0.05, 0.1) is 5.60 Å². The third-order valence-corrected chi connectivity index (χ3v) is 15.0. The van der Waals surface area contributed by atoms with Gasteiger partial charge in [-0.1, -0.05) is 60.0 Å². The van der Waals surface area contributed by atoms with Crippen molar-refractivity contribution in [1.82, 2.24) is 0 Å². The minimum atomic E-state index is -1.90. The van der Waals surface area contributed by atoms with Crippen molar-refractivity contribution < 1.29 is 14.3 Å². The van der Waals surface area contributed by atoms with Gasteiger partial charge in [0, 0.05) is 4.83 Å². The molecule has 3 nitrogen and oxygen atoms in total. The van der Waals surface area contributed by atoms with Crippen molar-refractivity contribution in [3.05, 3.63) is 46.1 Å². The van der Waals surface area contributed by atoms with Crippen LogP contribution in [0.3, 0.4) is 0 Å². The molecule has 0 radical (unpaired) electrons. The highest BCUT2D eigenvalue weighted by molar-refractivity contribution is 9.09. The van der Waals surface area contributed by atoms with Crippen molar-refractivity contribution in [2.45, 2.75) is 155 Å². The lowest BCUT2D eigenvalue weighted by atomic mass is 9.87. The second-order valence-electron chi connectivity index (χ2n) is 14.4. The van der Waals surface area contributed by atoms with Gasteiger partial charge in [-0.2, -0.15) is 0 Å². The molecule has 1 aliphatic rings. The molecule has 1 aromatic carbocycles. The van der Waals surface area contributed by atoms with Crippen molar-refractivity contribution in [1.29, 1.82) is 0 Å². The van der Waals surface area contributed by atoms with E-state index in [-0.39, 0.29) is 15.5 Å². The Bertz CT molecular complexity index is 1040. The number of hydrogen-bond donors (Lipinski definition) is 1. The number of ether oxygens (including phenoxy) is 1. The summed E-state index contributed by atoms with van der Waals surface area (Å²) < 4.78 is 13.5. The second-order valence-corrected chi connectivity index (χ2v) is 20.2. The van der Waals surface area contributed by atoms with Crippen LogP contribution in [0.15, 0.2) is 29.4 Å². The minimum absolute atomic E-state index is 0.121. The average Bonchev–Trinajstić information content (AvgIpc) is 2.80. The average molecular weight is 622 g/mol. The van der Waals surface area contributed by atoms with Gasteiger partial charge in [0.25, 0.3) is 0 Å². The molecule has 0 saturated carbocycles. The molecule has 2 rings (SSSR count). The Hall–Kier alpha value is -1.04. The quantitative estimate of drug-likeness (QED) is 0.143. The van der Waals surface area contributed by atoms with Crippen LogP contribution in [-0.4, -0.2) is 29.5 Å². The zero-order valence-electron chi connectivity index (χ0n) is 27.1. The molecule has 1 heterocycles. The topological polar surface area (TPSA) is 38.7 Å². The molecule has 1 N–H and O–H groups in total. The van der Waals surface area contributed by atoms with E-state index in [0.29, 0.717) is 0 Å². The number of aryl methyl sites for hydroxylation is 1. The fourth-order valence-electron chi connectivity index (χ4n) is 4.74. The summed E-state index contributed by atoms with van der Waals surface area (Å²) in [4.78, 5) is 0.121. The van der Waals surface area contributed by atoms with Crippen molar-refractivity contribution in [2.24, 2.45) is 0 Å². The SMILES string of the molecule is C/C(=C\CC[C@]1(C)CCc2cc(O[Si](C)(C)C(C)(C)C)c(C)c(C)c2O1)CC/C=C(\C)CCC(Br)C(C)(C)O. The van der Waals surface area contributed by atoms with Gasteiger partial charge in [-0.3, -0.25) is 0 Å². The third kappa shape index (κ3) is 9.78. The Morgan fingerprint density at radius 3 is 2.26 bits per heavy atom. The van der Waals surface area contributed by atoms with Gasteiger partial charge in [-0.15, -0.1) is 0 Å². The van der Waals surface area contributed by atoms with Crippen molar-refractivity contribution in [3.63, 3.8) is 0 Å². The van der Waals surface area contributed by atoms with Gasteiger partial charge in [0.1, 0.15) is 17.1 Å². The lowest BCUT2D eigenvalue weighted by Crippen LogP contribution is -2.44. The first kappa shape index (κ1) is 34.2. The summed E-state index contributed by atoms with van der Waals surface area (Å²) in [6.07, 6.45) is 13.0. The van der Waals surface area contributed by atoms with Gasteiger partial charge in [-0.25, -0.2) is 0 Å². The molecule has 1 aliphatic heterocycles. The van der Waals surface area contributed by atoms with Crippen molar-refractivity contribution in [2.75, 3.05) is 0 Å². The van der Waals surface area contributed by atoms with Crippen LogP contribution in [0.2, 0.25) is 18.1 Å². The van der Waals surface area contributed by atoms with Crippen molar-refractivity contribution in [3.8, 4) is 11.5 Å². The van der Waals surface area contributed by atoms with E-state index >= 15 is 0 Å². The molecule has 39 heavy (non-hydrogen) atoms. The summed E-state index contributed by atoms with van der Waals surface area (Å²) in [7, 11) is -1.90. The summed E-state index contributed by atoms with van der Waals surface area (Å²) in [6.45, 7) is 26.4. The summed E-state index contributed by atoms with van der Waals surface area (Å²) in [5.41, 5.74) is 5.79. The fraction of sp³-hybridized carbons (Fsp3) is 0.706. The smallest absolute Gasteiger partial charge is 0.250 e. The maximum Gasteiger partial charge on any atom is 0.250 e. The van der Waals surface area contributed by atoms with E-state index in [9.17, 15) is 5.11 Å². The van der Waals surface area contributed by atoms with Crippen molar-refractivity contribution >= 4 is 24.2 Å². The molecular weight excluding hydrogens is 564 g/mol. The number of allylic oxidation sites excluding steroid dienone is 4. The molecule has 0 saturated heterocycles. The highest BCUT2D eigenvalue weighted by Crippen LogP contribution is 2.44. The maximum atomic E-state index is 10.1. The zero-order valence-corrected chi connectivity index (χ0v) is 29.7. The summed E-state index contributed by atoms with van der Waals surface area (Å²) in [5, 5.41) is 10.3. The van der Waals surface area contributed by atoms with Gasteiger partial charge < -0.3 is 14.3 Å². The van der Waals surface area contributed by atoms with Crippen LogP contribution < -0.4 is 9.16 Å². The van der Waals surface area contributed by atoms with Crippen LogP contribution >= 0.6 is 15.9 Å². The predicted molar refractivity (Wildman–Crippen MR) is 175 cm³/mol. The van der Waals surface area contributed by atoms with Gasteiger partial charge in [0.15, 0.2) is 0 Å². The van der Waals surface area contributed by atoms with Crippen LogP contribution in [0.1, 0.15) is 117 Å². The molecule has 1 aromatic rings. The Morgan fingerprint density at radius 2 is 1.67 bits per heavy atom. The van der Waals surface area contributed by atoms with Crippen LogP contribution in [0.5, 0.6) is 11.5 Å². The standard InChI is InChI=1S/C34H57BrO3Si/c1-24(15-13-16-25(2)18-19-30(35)33(8,9)36)17-14-21-34(10)22-20-28-23-29(26(3)27(4)31(28)37-34)38-39(11,12)32(5,6)7/h16-17,23,30,36H,13-15,18-22H2,1-12H3/b24-17+,25-16+/t30?,34-/m1/s1. The first-order valence-electron chi connectivity index (χ1n) is 14.9. The molecule has 5 heteroatoms. The molecule has 0 aliphatic carbocycles. The van der Waals surface area contributed by atoms with E-state index in [2.05, 4.69) is 103 Å². The molecule has 0 spiro atoms. The van der Waals surface area contributed by atoms with Gasteiger partial charge in [0.2, 0.25) is 8.32 Å². The molecule has 0 aromatic heterocycles. The van der Waals surface area contributed by atoms with Crippen LogP contribution in [0, 0.1) is 13.8 Å². The number of hydrogen-bond acceptors (Lipinski definition) is 3. The van der Waals surface area contributed by atoms with E-state index in [0.717, 1.165) is 62.9 Å². The Balaban J connectivity index is 1.94. The number of halogens is 1. The largest absolute Gasteiger partial charge is 0.543 e. The second kappa shape index (κ2) is 13.3. The minimum Gasteiger partial charge on any atom is -0.543 e. The molecule has 0 amide bonds. The normalized spacial score (nSPS) is 19.9. The van der Waals surface area contributed by atoms with E-state index in [4.69, 9.17) is 9.16 Å². The van der Waals surface area contributed by atoms with Crippen LogP contribution in [-0.2, 0) is 6.42 Å². The van der Waals surface area contributed by atoms with Gasteiger partial charge >= 0.3 is 0 Å². The van der Waals surface area contributed by atoms with E-state index < -0.39 is 13.9 Å². The van der Waals surface area contributed by atoms with Crippen LogP contribution in [0.25, 0.3) is 0 Å². The Kier molecular flexibility index (Phi) is 11.6. The number of fused-ring (bicyclic) bond motifs is 1. The van der Waals surface area contributed by atoms with E-state index in [1.54, 1.807) is 0 Å². The van der Waals surface area contributed by atoms with Gasteiger partial charge in [-0.05, 0) is 141 Å². The third-order valence-electron chi connectivity index (χ3n) is 9.07. The monoisotopic (exact) mass is 620 g/mol. The summed E-state index contributed by atoms with van der Waals surface area (Å²) >= 11 is 3.62. The first-order valence-corrected chi connectivity index (χ1v) is 18.8. The molecule has 222 valence electrons. The fourth-order valence-corrected chi connectivity index (χ4v) is 6.04. The molecule has 0 bridgehead atoms. The number of alkyl halides is 1. The van der Waals surface area contributed by atoms with Crippen LogP contribution in [0.4, 0.5) is 0 Å². The number of benzene rings is 1. The molecule has 2 atom stereocenters. The zero-order chi connectivity index (χ0) is 29.8. The molecule has 1 unspecified atom stereocenters. The first-order chi connectivity index (χ1) is 17.8. The summed E-state index contributed by atoms with van der Waals surface area (Å²) in [6, 6.07) is 2.26. The predicted octanol–water partition coefficient (Wildman–Crippen LogP) is 10.5. The number of rotatable bonds is 12. The number of aliphatic hydroxyl groups is 1. The van der Waals surface area contributed by atoms with E-state index in [1.807, 2.05) is 13.8 Å². The molecular formula is C34H57BrO3Si. The highest BCUT2D eigenvalue weighted by atomic mass is 79.9. The van der Waals surface area contributed by atoms with E-state index in [1.165, 1.54) is 27.8 Å². The highest BCUT2D eigenvalue weighted by Gasteiger charge is 2.40. The Labute approximate surface area is 250 Å². The lowest BCUT2D eigenvalue weighted by molar-refractivity contribution is 0.0561. The summed E-state index contributed by atoms with van der Waals surface area (Å²) in [5.74, 6) is 2.14. The maximum absolute atomic E-state index is 10.1. The Morgan fingerprint density at radius 1 is 1.08 bits per heavy atom. The lowest BCUT2D eigenvalue weighted by Gasteiger charge is -2.39.